The molecule has 4 nitrogen and oxygen atoms in total. The number of nitrogens with zero attached hydrogens (tertiary/aromatic N) is 1. The van der Waals surface area contributed by atoms with Crippen LogP contribution in [0.3, 0.4) is 0 Å². The van der Waals surface area contributed by atoms with Gasteiger partial charge in [0.05, 0.1) is 6.54 Å². The summed E-state index contributed by atoms with van der Waals surface area (Å²) >= 11 is 0. The van der Waals surface area contributed by atoms with E-state index < -0.39 is 0 Å². The van der Waals surface area contributed by atoms with Crippen LogP contribution in [-0.2, 0) is 4.74 Å². The average Bonchev–Trinajstić information content (AvgIpc) is 2.46. The lowest BCUT2D eigenvalue weighted by molar-refractivity contribution is 0.158. The molecule has 4 heteroatoms. The van der Waals surface area contributed by atoms with Gasteiger partial charge in [-0.15, -0.1) is 0 Å². The van der Waals surface area contributed by atoms with Crippen LogP contribution in [0, 0.1) is 0 Å². The van der Waals surface area contributed by atoms with Gasteiger partial charge in [0, 0.05) is 6.54 Å². The summed E-state index contributed by atoms with van der Waals surface area (Å²) in [5.74, 6) is 0. The van der Waals surface area contributed by atoms with Crippen LogP contribution in [0.5, 0.6) is 0 Å². The maximum atomic E-state index is 10.9. The van der Waals surface area contributed by atoms with Gasteiger partial charge in [-0.2, -0.15) is 0 Å². The normalized spacial score (nSPS) is 16.8. The summed E-state index contributed by atoms with van der Waals surface area (Å²) in [6.07, 6.45) is 3.01. The van der Waals surface area contributed by atoms with E-state index in [1.165, 1.54) is 0 Å². The molecule has 0 bridgehead atoms. The zero-order valence-corrected chi connectivity index (χ0v) is 7.29. The molecule has 1 aliphatic heterocycles. The van der Waals surface area contributed by atoms with Crippen LogP contribution in [-0.4, -0.2) is 37.2 Å². The van der Waals surface area contributed by atoms with E-state index in [2.05, 4.69) is 0 Å². The van der Waals surface area contributed by atoms with Gasteiger partial charge in [0.15, 0.2) is 0 Å². The Morgan fingerprint density at radius 1 is 1.42 bits per heavy atom. The number of carbonyl (C=O) groups excluding carboxylic acids is 1. The van der Waals surface area contributed by atoms with Gasteiger partial charge < -0.3 is 15.4 Å². The Labute approximate surface area is 72.7 Å². The first-order valence-corrected chi connectivity index (χ1v) is 4.46. The van der Waals surface area contributed by atoms with Gasteiger partial charge in [-0.05, 0) is 19.4 Å². The topological polar surface area (TPSA) is 55.6 Å². The van der Waals surface area contributed by atoms with Gasteiger partial charge in [-0.3, -0.25) is 0 Å². The first kappa shape index (κ1) is 9.32. The van der Waals surface area contributed by atoms with E-state index in [0.717, 1.165) is 38.9 Å². The van der Waals surface area contributed by atoms with E-state index in [1.54, 1.807) is 4.90 Å². The maximum absolute atomic E-state index is 10.9. The van der Waals surface area contributed by atoms with Crippen molar-refractivity contribution in [3.05, 3.63) is 0 Å². The first-order valence-electron chi connectivity index (χ1n) is 4.46. The summed E-state index contributed by atoms with van der Waals surface area (Å²) in [5, 5.41) is 0. The monoisotopic (exact) mass is 172 g/mol. The maximum Gasteiger partial charge on any atom is 0.409 e. The number of unbranched alkanes of at least 4 members (excludes halogenated alkanes) is 2. The highest BCUT2D eigenvalue weighted by atomic mass is 16.6. The lowest BCUT2D eigenvalue weighted by Gasteiger charge is -2.11. The molecule has 12 heavy (non-hydrogen) atoms. The molecule has 1 aliphatic rings. The fourth-order valence-electron chi connectivity index (χ4n) is 1.25. The zero-order chi connectivity index (χ0) is 8.81. The molecule has 0 radical (unpaired) electrons. The standard InChI is InChI=1S/C8H16N2O2/c9-4-2-1-3-5-10-6-7-12-8(10)11/h1-7,9H2. The number of ether oxygens (including phenoxy) is 1. The third kappa shape index (κ3) is 2.70. The quantitative estimate of drug-likeness (QED) is 0.617. The molecule has 1 amide bonds. The van der Waals surface area contributed by atoms with Gasteiger partial charge in [0.25, 0.3) is 0 Å². The number of cyclic esters (lactones) is 1. The SMILES string of the molecule is NCCCCCN1CCOC1=O. The second-order valence-electron chi connectivity index (χ2n) is 2.95. The molecule has 1 heterocycles. The highest BCUT2D eigenvalue weighted by Crippen LogP contribution is 2.05. The van der Waals surface area contributed by atoms with Crippen LogP contribution in [0.4, 0.5) is 4.79 Å². The molecule has 0 aliphatic carbocycles. The number of amides is 1. The Morgan fingerprint density at radius 3 is 2.83 bits per heavy atom. The molecule has 1 fully saturated rings. The van der Waals surface area contributed by atoms with E-state index in [-0.39, 0.29) is 6.09 Å². The van der Waals surface area contributed by atoms with Crippen molar-refractivity contribution < 1.29 is 9.53 Å². The van der Waals surface area contributed by atoms with Crippen molar-refractivity contribution in [1.82, 2.24) is 4.90 Å². The van der Waals surface area contributed by atoms with Gasteiger partial charge >= 0.3 is 6.09 Å². The van der Waals surface area contributed by atoms with Gasteiger partial charge in [-0.1, -0.05) is 6.42 Å². The Balaban J connectivity index is 2.02. The molecule has 0 spiro atoms. The van der Waals surface area contributed by atoms with E-state index in [4.69, 9.17) is 10.5 Å². The van der Waals surface area contributed by atoms with Crippen LogP contribution in [0.1, 0.15) is 19.3 Å². The highest BCUT2D eigenvalue weighted by Gasteiger charge is 2.20. The minimum Gasteiger partial charge on any atom is -0.448 e. The third-order valence-corrected chi connectivity index (χ3v) is 1.98. The largest absolute Gasteiger partial charge is 0.448 e. The molecule has 1 rings (SSSR count). The van der Waals surface area contributed by atoms with Crippen molar-refractivity contribution in [2.24, 2.45) is 5.73 Å². The molecular weight excluding hydrogens is 156 g/mol. The molecule has 1 saturated heterocycles. The second kappa shape index (κ2) is 4.98. The Morgan fingerprint density at radius 2 is 2.25 bits per heavy atom. The smallest absolute Gasteiger partial charge is 0.409 e. The van der Waals surface area contributed by atoms with Crippen LogP contribution in [0.2, 0.25) is 0 Å². The fourth-order valence-corrected chi connectivity index (χ4v) is 1.25. The van der Waals surface area contributed by atoms with Crippen molar-refractivity contribution in [3.8, 4) is 0 Å². The van der Waals surface area contributed by atoms with Gasteiger partial charge in [0.2, 0.25) is 0 Å². The van der Waals surface area contributed by atoms with Crippen molar-refractivity contribution in [1.29, 1.82) is 0 Å². The van der Waals surface area contributed by atoms with E-state index >= 15 is 0 Å². The minimum atomic E-state index is -0.164. The second-order valence-corrected chi connectivity index (χ2v) is 2.95. The predicted molar refractivity (Wildman–Crippen MR) is 45.8 cm³/mol. The van der Waals surface area contributed by atoms with E-state index in [9.17, 15) is 4.79 Å². The Kier molecular flexibility index (Phi) is 3.87. The molecule has 0 aromatic rings. The third-order valence-electron chi connectivity index (χ3n) is 1.98. The molecule has 0 aromatic heterocycles. The van der Waals surface area contributed by atoms with Crippen molar-refractivity contribution in [2.45, 2.75) is 19.3 Å². The van der Waals surface area contributed by atoms with E-state index in [1.807, 2.05) is 0 Å². The molecule has 70 valence electrons. The molecule has 0 saturated carbocycles. The number of hydrogen-bond donors (Lipinski definition) is 1. The lowest BCUT2D eigenvalue weighted by Crippen LogP contribution is -2.25. The van der Waals surface area contributed by atoms with Crippen LogP contribution in [0.25, 0.3) is 0 Å². The predicted octanol–water partition coefficient (Wildman–Crippen LogP) is 0.568. The molecule has 0 aromatic carbocycles. The summed E-state index contributed by atoms with van der Waals surface area (Å²) in [7, 11) is 0. The number of hydrogen-bond acceptors (Lipinski definition) is 3. The average molecular weight is 172 g/mol. The molecule has 0 unspecified atom stereocenters. The summed E-state index contributed by atoms with van der Waals surface area (Å²) < 4.78 is 4.78. The fraction of sp³-hybridized carbons (Fsp3) is 0.875. The first-order chi connectivity index (χ1) is 5.84. The minimum absolute atomic E-state index is 0.164. The summed E-state index contributed by atoms with van der Waals surface area (Å²) in [6, 6.07) is 0. The van der Waals surface area contributed by atoms with Crippen molar-refractivity contribution >= 4 is 6.09 Å². The zero-order valence-electron chi connectivity index (χ0n) is 7.29. The van der Waals surface area contributed by atoms with Crippen LogP contribution < -0.4 is 5.73 Å². The summed E-state index contributed by atoms with van der Waals surface area (Å²) in [5.41, 5.74) is 5.34. The highest BCUT2D eigenvalue weighted by molar-refractivity contribution is 5.69. The molecular formula is C8H16N2O2. The number of nitrogens with two attached hydrogens (primary N) is 1. The molecule has 0 atom stereocenters. The Bertz CT molecular complexity index is 150. The Hall–Kier alpha value is -0.770. The summed E-state index contributed by atoms with van der Waals surface area (Å²) in [6.45, 7) is 2.86. The van der Waals surface area contributed by atoms with Crippen molar-refractivity contribution in [2.75, 3.05) is 26.2 Å². The number of rotatable bonds is 5. The molecule has 2 N–H and O–H groups in total. The van der Waals surface area contributed by atoms with E-state index in [0.29, 0.717) is 6.61 Å². The van der Waals surface area contributed by atoms with Crippen molar-refractivity contribution in [3.63, 3.8) is 0 Å². The van der Waals surface area contributed by atoms with Crippen LogP contribution >= 0.6 is 0 Å². The van der Waals surface area contributed by atoms with Gasteiger partial charge in [-0.25, -0.2) is 4.79 Å². The lowest BCUT2D eigenvalue weighted by atomic mass is 10.2. The van der Waals surface area contributed by atoms with Gasteiger partial charge in [0.1, 0.15) is 6.61 Å². The van der Waals surface area contributed by atoms with Crippen LogP contribution in [0.15, 0.2) is 0 Å². The summed E-state index contributed by atoms with van der Waals surface area (Å²) in [4.78, 5) is 12.7. The number of carbonyl (C=O) groups is 1.